The summed E-state index contributed by atoms with van der Waals surface area (Å²) in [5.41, 5.74) is 4.54. The van der Waals surface area contributed by atoms with Crippen LogP contribution < -0.4 is 5.32 Å². The minimum atomic E-state index is -0.415. The van der Waals surface area contributed by atoms with Crippen molar-refractivity contribution in [3.63, 3.8) is 0 Å². The zero-order chi connectivity index (χ0) is 20.7. The van der Waals surface area contributed by atoms with E-state index in [1.165, 1.54) is 12.1 Å². The third kappa shape index (κ3) is 3.15. The van der Waals surface area contributed by atoms with Gasteiger partial charge in [0, 0.05) is 23.7 Å². The monoisotopic (exact) mass is 402 g/mol. The molecule has 0 unspecified atom stereocenters. The fraction of sp³-hybridized carbons (Fsp3) is 0.240. The van der Waals surface area contributed by atoms with Crippen molar-refractivity contribution < 1.29 is 14.3 Å². The highest BCUT2D eigenvalue weighted by Gasteiger charge is 2.45. The zero-order valence-corrected chi connectivity index (χ0v) is 16.5. The van der Waals surface area contributed by atoms with E-state index in [2.05, 4.69) is 29.6 Å². The predicted octanol–water partition coefficient (Wildman–Crippen LogP) is 4.48. The first-order valence-corrected chi connectivity index (χ1v) is 10.3. The van der Waals surface area contributed by atoms with Crippen LogP contribution in [0.5, 0.6) is 0 Å². The molecule has 0 aliphatic carbocycles. The molecule has 1 fully saturated rings. The summed E-state index contributed by atoms with van der Waals surface area (Å²) in [4.78, 5) is 15.1. The fourth-order valence-corrected chi connectivity index (χ4v) is 4.89. The lowest BCUT2D eigenvalue weighted by Crippen LogP contribution is -2.42. The fourth-order valence-electron chi connectivity index (χ4n) is 4.89. The molecule has 1 saturated heterocycles. The van der Waals surface area contributed by atoms with Crippen molar-refractivity contribution in [3.8, 4) is 11.1 Å². The molecule has 0 spiro atoms. The van der Waals surface area contributed by atoms with Gasteiger partial charge in [0.25, 0.3) is 5.91 Å². The van der Waals surface area contributed by atoms with Crippen LogP contribution in [-0.4, -0.2) is 35.1 Å². The van der Waals surface area contributed by atoms with E-state index in [1.807, 2.05) is 29.2 Å². The molecule has 3 aromatic rings. The molecule has 0 saturated carbocycles. The number of benzene rings is 3. The second kappa shape index (κ2) is 7.58. The van der Waals surface area contributed by atoms with E-state index >= 15 is 0 Å². The number of aliphatic hydroxyl groups is 1. The SMILES string of the molecule is O=C(c1cccc(F)c1)N1CC[C@@H]2[C@@H](CO)Nc3ccc(-c4ccccc4)cc3[C@@H]21. The quantitative estimate of drug-likeness (QED) is 0.679. The van der Waals surface area contributed by atoms with Gasteiger partial charge in [-0.3, -0.25) is 4.79 Å². The Morgan fingerprint density at radius 2 is 1.87 bits per heavy atom. The highest BCUT2D eigenvalue weighted by atomic mass is 19.1. The van der Waals surface area contributed by atoms with Crippen LogP contribution in [0.4, 0.5) is 10.1 Å². The minimum Gasteiger partial charge on any atom is -0.394 e. The summed E-state index contributed by atoms with van der Waals surface area (Å²) in [7, 11) is 0. The first kappa shape index (κ1) is 18.8. The van der Waals surface area contributed by atoms with Gasteiger partial charge in [-0.15, -0.1) is 0 Å². The molecule has 2 aliphatic heterocycles. The summed E-state index contributed by atoms with van der Waals surface area (Å²) < 4.78 is 13.7. The van der Waals surface area contributed by atoms with E-state index in [0.717, 1.165) is 28.8 Å². The number of nitrogens with one attached hydrogen (secondary N) is 1. The number of hydrogen-bond acceptors (Lipinski definition) is 3. The number of hydrogen-bond donors (Lipinski definition) is 2. The van der Waals surface area contributed by atoms with Gasteiger partial charge in [0.15, 0.2) is 0 Å². The molecule has 0 aromatic heterocycles. The summed E-state index contributed by atoms with van der Waals surface area (Å²) in [6, 6.07) is 21.9. The smallest absolute Gasteiger partial charge is 0.254 e. The Kier molecular flexibility index (Phi) is 4.75. The van der Waals surface area contributed by atoms with Gasteiger partial charge in [0.2, 0.25) is 0 Å². The predicted molar refractivity (Wildman–Crippen MR) is 115 cm³/mol. The van der Waals surface area contributed by atoms with Crippen molar-refractivity contribution in [2.24, 2.45) is 5.92 Å². The molecule has 0 bridgehead atoms. The molecule has 2 aliphatic rings. The van der Waals surface area contributed by atoms with Gasteiger partial charge >= 0.3 is 0 Å². The molecular weight excluding hydrogens is 379 g/mol. The van der Waals surface area contributed by atoms with Crippen molar-refractivity contribution in [2.45, 2.75) is 18.5 Å². The average molecular weight is 402 g/mol. The topological polar surface area (TPSA) is 52.6 Å². The Morgan fingerprint density at radius 3 is 2.63 bits per heavy atom. The maximum atomic E-state index is 13.7. The van der Waals surface area contributed by atoms with E-state index in [0.29, 0.717) is 12.1 Å². The minimum absolute atomic E-state index is 0.00301. The van der Waals surface area contributed by atoms with Crippen LogP contribution in [0.3, 0.4) is 0 Å². The lowest BCUT2D eigenvalue weighted by atomic mass is 9.82. The molecular formula is C25H23FN2O2. The maximum Gasteiger partial charge on any atom is 0.254 e. The Hall–Kier alpha value is -3.18. The van der Waals surface area contributed by atoms with E-state index < -0.39 is 5.82 Å². The average Bonchev–Trinajstić information content (AvgIpc) is 3.24. The first-order chi connectivity index (χ1) is 14.7. The highest BCUT2D eigenvalue weighted by molar-refractivity contribution is 5.95. The van der Waals surface area contributed by atoms with E-state index in [4.69, 9.17) is 0 Å². The lowest BCUT2D eigenvalue weighted by Gasteiger charge is -2.39. The number of amides is 1. The number of halogens is 1. The number of fused-ring (bicyclic) bond motifs is 3. The number of rotatable bonds is 3. The van der Waals surface area contributed by atoms with Gasteiger partial charge < -0.3 is 15.3 Å². The van der Waals surface area contributed by atoms with Crippen molar-refractivity contribution in [3.05, 3.63) is 89.7 Å². The van der Waals surface area contributed by atoms with Crippen molar-refractivity contribution >= 4 is 11.6 Å². The summed E-state index contributed by atoms with van der Waals surface area (Å²) in [5.74, 6) is -0.482. The second-order valence-electron chi connectivity index (χ2n) is 8.01. The van der Waals surface area contributed by atoms with Gasteiger partial charge in [-0.25, -0.2) is 4.39 Å². The third-order valence-corrected chi connectivity index (χ3v) is 6.31. The van der Waals surface area contributed by atoms with Gasteiger partial charge in [0.1, 0.15) is 5.82 Å². The molecule has 0 radical (unpaired) electrons. The molecule has 3 atom stereocenters. The molecule has 2 N–H and O–H groups in total. The molecule has 2 heterocycles. The van der Waals surface area contributed by atoms with Crippen LogP contribution in [0.1, 0.15) is 28.4 Å². The van der Waals surface area contributed by atoms with Crippen LogP contribution in [0, 0.1) is 11.7 Å². The van der Waals surface area contributed by atoms with E-state index in [9.17, 15) is 14.3 Å². The van der Waals surface area contributed by atoms with E-state index in [-0.39, 0.29) is 30.5 Å². The van der Waals surface area contributed by atoms with Crippen LogP contribution in [0.2, 0.25) is 0 Å². The van der Waals surface area contributed by atoms with Crippen LogP contribution in [0.15, 0.2) is 72.8 Å². The molecule has 3 aromatic carbocycles. The Balaban J connectivity index is 1.58. The number of aliphatic hydroxyl groups excluding tert-OH is 1. The maximum absolute atomic E-state index is 13.7. The molecule has 30 heavy (non-hydrogen) atoms. The Labute approximate surface area is 175 Å². The molecule has 1 amide bonds. The van der Waals surface area contributed by atoms with E-state index in [1.54, 1.807) is 12.1 Å². The molecule has 4 nitrogen and oxygen atoms in total. The number of nitrogens with zero attached hydrogens (tertiary/aromatic N) is 1. The largest absolute Gasteiger partial charge is 0.394 e. The van der Waals surface area contributed by atoms with Gasteiger partial charge in [-0.2, -0.15) is 0 Å². The number of carbonyl (C=O) groups excluding carboxylic acids is 1. The van der Waals surface area contributed by atoms with Crippen molar-refractivity contribution in [2.75, 3.05) is 18.5 Å². The number of likely N-dealkylation sites (tertiary alicyclic amines) is 1. The van der Waals surface area contributed by atoms with Gasteiger partial charge in [0.05, 0.1) is 18.7 Å². The van der Waals surface area contributed by atoms with Crippen LogP contribution in [-0.2, 0) is 0 Å². The highest BCUT2D eigenvalue weighted by Crippen LogP contribution is 2.47. The van der Waals surface area contributed by atoms with Gasteiger partial charge in [-0.1, -0.05) is 42.5 Å². The van der Waals surface area contributed by atoms with Crippen LogP contribution >= 0.6 is 0 Å². The third-order valence-electron chi connectivity index (χ3n) is 6.31. The molecule has 5 rings (SSSR count). The summed E-state index contributed by atoms with van der Waals surface area (Å²) in [5, 5.41) is 13.4. The van der Waals surface area contributed by atoms with Crippen molar-refractivity contribution in [1.82, 2.24) is 4.90 Å². The lowest BCUT2D eigenvalue weighted by molar-refractivity contribution is 0.0700. The second-order valence-corrected chi connectivity index (χ2v) is 8.01. The molecule has 152 valence electrons. The summed E-state index contributed by atoms with van der Waals surface area (Å²) in [6.07, 6.45) is 0.791. The zero-order valence-electron chi connectivity index (χ0n) is 16.5. The number of carbonyl (C=O) groups is 1. The van der Waals surface area contributed by atoms with Crippen LogP contribution in [0.25, 0.3) is 11.1 Å². The summed E-state index contributed by atoms with van der Waals surface area (Å²) >= 11 is 0. The number of anilines is 1. The normalized spacial score (nSPS) is 22.2. The summed E-state index contributed by atoms with van der Waals surface area (Å²) in [6.45, 7) is 0.584. The van der Waals surface area contributed by atoms with Crippen molar-refractivity contribution in [1.29, 1.82) is 0 Å². The Bertz CT molecular complexity index is 1090. The standard InChI is InChI=1S/C25H23FN2O2/c26-19-8-4-7-18(13-19)25(30)28-12-11-20-23(15-29)27-22-10-9-17(14-21(22)24(20)28)16-5-2-1-3-6-16/h1-10,13-14,20,23-24,27,29H,11-12,15H2/t20-,23-,24-/m1/s1. The Morgan fingerprint density at radius 1 is 1.03 bits per heavy atom. The first-order valence-electron chi connectivity index (χ1n) is 10.3. The van der Waals surface area contributed by atoms with Gasteiger partial charge in [-0.05, 0) is 53.4 Å². The molecule has 5 heteroatoms.